The standard InChI is InChI=1S/C22H30N4O3/c1-17-23-14-20(16-29-12-11-28-2)21(25-17)19-9-6-10-26(15-19)22(27)24-13-18-7-4-3-5-8-18/h3-5,7-8,14,19H,6,9-13,15-16H2,1-2H3,(H,24,27). The summed E-state index contributed by atoms with van der Waals surface area (Å²) in [6, 6.07) is 9.93. The lowest BCUT2D eigenvalue weighted by Gasteiger charge is -2.33. The Bertz CT molecular complexity index is 785. The fourth-order valence-electron chi connectivity index (χ4n) is 3.57. The van der Waals surface area contributed by atoms with Gasteiger partial charge in [0.2, 0.25) is 0 Å². The van der Waals surface area contributed by atoms with Gasteiger partial charge in [0, 0.05) is 44.4 Å². The number of urea groups is 1. The summed E-state index contributed by atoms with van der Waals surface area (Å²) in [5, 5.41) is 3.03. The van der Waals surface area contributed by atoms with Gasteiger partial charge in [0.15, 0.2) is 0 Å². The number of carbonyl (C=O) groups is 1. The second kappa shape index (κ2) is 10.9. The predicted octanol–water partition coefficient (Wildman–Crippen LogP) is 3.04. The Hall–Kier alpha value is -2.51. The van der Waals surface area contributed by atoms with E-state index < -0.39 is 0 Å². The summed E-state index contributed by atoms with van der Waals surface area (Å²) in [5.41, 5.74) is 3.08. The summed E-state index contributed by atoms with van der Waals surface area (Å²) in [4.78, 5) is 23.6. The average Bonchev–Trinajstić information content (AvgIpc) is 2.76. The van der Waals surface area contributed by atoms with Gasteiger partial charge in [0.05, 0.1) is 25.5 Å². The minimum Gasteiger partial charge on any atom is -0.382 e. The van der Waals surface area contributed by atoms with Gasteiger partial charge < -0.3 is 19.7 Å². The molecule has 7 heteroatoms. The van der Waals surface area contributed by atoms with Gasteiger partial charge in [0.25, 0.3) is 0 Å². The van der Waals surface area contributed by atoms with E-state index in [1.54, 1.807) is 7.11 Å². The third-order valence-corrected chi connectivity index (χ3v) is 5.09. The van der Waals surface area contributed by atoms with Gasteiger partial charge in [-0.05, 0) is 25.3 Å². The molecule has 2 aromatic rings. The molecule has 7 nitrogen and oxygen atoms in total. The number of ether oxygens (including phenoxy) is 2. The number of benzene rings is 1. The normalized spacial score (nSPS) is 16.6. The first-order chi connectivity index (χ1) is 14.2. The number of nitrogens with one attached hydrogen (secondary N) is 1. The lowest BCUT2D eigenvalue weighted by molar-refractivity contribution is 0.0607. The van der Waals surface area contributed by atoms with Crippen LogP contribution in [0.4, 0.5) is 4.79 Å². The summed E-state index contributed by atoms with van der Waals surface area (Å²) in [6.07, 6.45) is 3.80. The van der Waals surface area contributed by atoms with E-state index in [1.807, 2.05) is 48.4 Å². The van der Waals surface area contributed by atoms with Crippen LogP contribution in [0.2, 0.25) is 0 Å². The fourth-order valence-corrected chi connectivity index (χ4v) is 3.57. The van der Waals surface area contributed by atoms with Crippen molar-refractivity contribution in [1.29, 1.82) is 0 Å². The van der Waals surface area contributed by atoms with Crippen molar-refractivity contribution >= 4 is 6.03 Å². The van der Waals surface area contributed by atoms with E-state index in [0.29, 0.717) is 32.9 Å². The van der Waals surface area contributed by atoms with Crippen LogP contribution in [0, 0.1) is 6.92 Å². The van der Waals surface area contributed by atoms with Crippen molar-refractivity contribution in [3.8, 4) is 0 Å². The number of amides is 2. The molecule has 1 aliphatic heterocycles. The number of rotatable bonds is 8. The maximum absolute atomic E-state index is 12.7. The summed E-state index contributed by atoms with van der Waals surface area (Å²) in [5.74, 6) is 0.931. The highest BCUT2D eigenvalue weighted by molar-refractivity contribution is 5.74. The molecule has 1 aromatic heterocycles. The molecular formula is C22H30N4O3. The number of methoxy groups -OCH3 is 1. The molecule has 29 heavy (non-hydrogen) atoms. The first kappa shape index (κ1) is 21.2. The summed E-state index contributed by atoms with van der Waals surface area (Å²) >= 11 is 0. The Balaban J connectivity index is 1.62. The Morgan fingerprint density at radius 2 is 2.10 bits per heavy atom. The number of hydrogen-bond donors (Lipinski definition) is 1. The van der Waals surface area contributed by atoms with Crippen LogP contribution in [-0.4, -0.2) is 54.3 Å². The zero-order valence-electron chi connectivity index (χ0n) is 17.3. The molecule has 0 spiro atoms. The Labute approximate surface area is 172 Å². The number of aromatic nitrogens is 2. The van der Waals surface area contributed by atoms with E-state index in [0.717, 1.165) is 42.0 Å². The SMILES string of the molecule is COCCOCc1cnc(C)nc1C1CCCN(C(=O)NCc2ccccc2)C1. The number of likely N-dealkylation sites (tertiary alicyclic amines) is 1. The van der Waals surface area contributed by atoms with Gasteiger partial charge in [-0.2, -0.15) is 0 Å². The van der Waals surface area contributed by atoms with Crippen LogP contribution in [0.1, 0.15) is 41.4 Å². The van der Waals surface area contributed by atoms with Crippen LogP contribution in [-0.2, 0) is 22.6 Å². The van der Waals surface area contributed by atoms with Gasteiger partial charge in [-0.3, -0.25) is 0 Å². The molecule has 156 valence electrons. The van der Waals surface area contributed by atoms with E-state index in [-0.39, 0.29) is 11.9 Å². The molecule has 0 bridgehead atoms. The number of carbonyl (C=O) groups excluding carboxylic acids is 1. The van der Waals surface area contributed by atoms with Crippen LogP contribution in [0.5, 0.6) is 0 Å². The van der Waals surface area contributed by atoms with Crippen LogP contribution < -0.4 is 5.32 Å². The highest BCUT2D eigenvalue weighted by atomic mass is 16.5. The fraction of sp³-hybridized carbons (Fsp3) is 0.500. The van der Waals surface area contributed by atoms with Gasteiger partial charge in [-0.25, -0.2) is 14.8 Å². The largest absolute Gasteiger partial charge is 0.382 e. The minimum absolute atomic E-state index is 0.0257. The smallest absolute Gasteiger partial charge is 0.317 e. The van der Waals surface area contributed by atoms with Crippen molar-refractivity contribution in [2.24, 2.45) is 0 Å². The molecule has 0 radical (unpaired) electrons. The zero-order chi connectivity index (χ0) is 20.5. The third-order valence-electron chi connectivity index (χ3n) is 5.09. The van der Waals surface area contributed by atoms with E-state index >= 15 is 0 Å². The predicted molar refractivity (Wildman–Crippen MR) is 111 cm³/mol. The second-order valence-electron chi connectivity index (χ2n) is 7.30. The van der Waals surface area contributed by atoms with Crippen LogP contribution in [0.25, 0.3) is 0 Å². The topological polar surface area (TPSA) is 76.6 Å². The number of aryl methyl sites for hydroxylation is 1. The molecule has 1 N–H and O–H groups in total. The van der Waals surface area contributed by atoms with Crippen molar-refractivity contribution in [3.63, 3.8) is 0 Å². The molecule has 1 aromatic carbocycles. The molecule has 1 fully saturated rings. The van der Waals surface area contributed by atoms with E-state index in [9.17, 15) is 4.79 Å². The first-order valence-electron chi connectivity index (χ1n) is 10.1. The quantitative estimate of drug-likeness (QED) is 0.692. The zero-order valence-corrected chi connectivity index (χ0v) is 17.3. The lowest BCUT2D eigenvalue weighted by Crippen LogP contribution is -2.45. The van der Waals surface area contributed by atoms with Crippen molar-refractivity contribution < 1.29 is 14.3 Å². The van der Waals surface area contributed by atoms with Gasteiger partial charge in [0.1, 0.15) is 5.82 Å². The minimum atomic E-state index is -0.0257. The third kappa shape index (κ3) is 6.24. The summed E-state index contributed by atoms with van der Waals surface area (Å²) in [6.45, 7) is 5.39. The molecule has 1 unspecified atom stereocenters. The molecule has 1 atom stereocenters. The molecule has 1 saturated heterocycles. The monoisotopic (exact) mass is 398 g/mol. The van der Waals surface area contributed by atoms with Crippen molar-refractivity contribution in [3.05, 3.63) is 59.2 Å². The number of hydrogen-bond acceptors (Lipinski definition) is 5. The van der Waals surface area contributed by atoms with E-state index in [1.165, 1.54) is 0 Å². The Kier molecular flexibility index (Phi) is 7.95. The maximum atomic E-state index is 12.7. The van der Waals surface area contributed by atoms with E-state index in [4.69, 9.17) is 14.5 Å². The average molecular weight is 399 g/mol. The molecule has 1 aliphatic rings. The van der Waals surface area contributed by atoms with Gasteiger partial charge >= 0.3 is 6.03 Å². The van der Waals surface area contributed by atoms with Crippen LogP contribution in [0.3, 0.4) is 0 Å². The summed E-state index contributed by atoms with van der Waals surface area (Å²) in [7, 11) is 1.66. The lowest BCUT2D eigenvalue weighted by atomic mass is 9.92. The van der Waals surface area contributed by atoms with Crippen LogP contribution >= 0.6 is 0 Å². The van der Waals surface area contributed by atoms with E-state index in [2.05, 4.69) is 10.3 Å². The van der Waals surface area contributed by atoms with Gasteiger partial charge in [-0.1, -0.05) is 30.3 Å². The molecule has 3 rings (SSSR count). The van der Waals surface area contributed by atoms with Crippen molar-refractivity contribution in [1.82, 2.24) is 20.2 Å². The van der Waals surface area contributed by atoms with Crippen molar-refractivity contribution in [2.75, 3.05) is 33.4 Å². The molecule has 0 saturated carbocycles. The van der Waals surface area contributed by atoms with Crippen LogP contribution in [0.15, 0.2) is 36.5 Å². The van der Waals surface area contributed by atoms with Gasteiger partial charge in [-0.15, -0.1) is 0 Å². The number of piperidine rings is 1. The number of nitrogens with zero attached hydrogens (tertiary/aromatic N) is 3. The molecule has 2 heterocycles. The first-order valence-corrected chi connectivity index (χ1v) is 10.1. The van der Waals surface area contributed by atoms with Crippen molar-refractivity contribution in [2.45, 2.75) is 38.8 Å². The summed E-state index contributed by atoms with van der Waals surface area (Å²) < 4.78 is 10.7. The highest BCUT2D eigenvalue weighted by Gasteiger charge is 2.27. The second-order valence-corrected chi connectivity index (χ2v) is 7.30. The highest BCUT2D eigenvalue weighted by Crippen LogP contribution is 2.28. The Morgan fingerprint density at radius 3 is 2.90 bits per heavy atom. The Morgan fingerprint density at radius 1 is 1.28 bits per heavy atom. The molecular weight excluding hydrogens is 368 g/mol. The molecule has 0 aliphatic carbocycles. The maximum Gasteiger partial charge on any atom is 0.317 e. The molecule has 2 amide bonds.